The molecule has 31 heavy (non-hydrogen) atoms. The highest BCUT2D eigenvalue weighted by Crippen LogP contribution is 2.29. The van der Waals surface area contributed by atoms with Crippen LogP contribution in [0.3, 0.4) is 0 Å². The number of benzene rings is 2. The number of anilines is 1. The van der Waals surface area contributed by atoms with Gasteiger partial charge < -0.3 is 5.32 Å². The normalized spacial score (nSPS) is 10.6. The molecular formula is C20H16N6O4S. The summed E-state index contributed by atoms with van der Waals surface area (Å²) in [6, 6.07) is 12.2. The van der Waals surface area contributed by atoms with E-state index in [1.807, 2.05) is 0 Å². The summed E-state index contributed by atoms with van der Waals surface area (Å²) in [5.74, 6) is -0.690. The zero-order chi connectivity index (χ0) is 22.2. The van der Waals surface area contributed by atoms with Crippen molar-refractivity contribution in [1.82, 2.24) is 15.4 Å². The molecule has 2 amide bonds. The van der Waals surface area contributed by atoms with E-state index in [1.54, 1.807) is 36.7 Å². The number of hydrazone groups is 1. The largest absolute Gasteiger partial charge is 0.326 e. The Morgan fingerprint density at radius 1 is 1.13 bits per heavy atom. The van der Waals surface area contributed by atoms with Gasteiger partial charge in [-0.25, -0.2) is 15.4 Å². The van der Waals surface area contributed by atoms with Crippen LogP contribution in [0.5, 0.6) is 0 Å². The Bertz CT molecular complexity index is 1140. The molecule has 0 aliphatic rings. The number of nitro benzene ring substituents is 1. The molecule has 0 aliphatic heterocycles. The lowest BCUT2D eigenvalue weighted by molar-refractivity contribution is -0.384. The van der Waals surface area contributed by atoms with E-state index >= 15 is 0 Å². The summed E-state index contributed by atoms with van der Waals surface area (Å²) in [6.07, 6.45) is 4.50. The summed E-state index contributed by atoms with van der Waals surface area (Å²) in [4.78, 5) is 42.8. The first-order valence-corrected chi connectivity index (χ1v) is 9.68. The van der Waals surface area contributed by atoms with Crippen molar-refractivity contribution in [2.24, 2.45) is 5.10 Å². The summed E-state index contributed by atoms with van der Waals surface area (Å²) in [7, 11) is 0. The summed E-state index contributed by atoms with van der Waals surface area (Å²) < 4.78 is 0. The Labute approximate surface area is 181 Å². The van der Waals surface area contributed by atoms with Crippen molar-refractivity contribution in [3.63, 3.8) is 0 Å². The smallest absolute Gasteiger partial charge is 0.271 e. The van der Waals surface area contributed by atoms with Gasteiger partial charge in [0.2, 0.25) is 5.91 Å². The lowest BCUT2D eigenvalue weighted by Gasteiger charge is -2.05. The van der Waals surface area contributed by atoms with Crippen LogP contribution in [0.25, 0.3) is 0 Å². The van der Waals surface area contributed by atoms with Gasteiger partial charge in [0.1, 0.15) is 0 Å². The third-order valence-corrected chi connectivity index (χ3v) is 4.77. The van der Waals surface area contributed by atoms with Gasteiger partial charge in [0.05, 0.1) is 11.1 Å². The molecule has 0 aliphatic carbocycles. The van der Waals surface area contributed by atoms with Crippen molar-refractivity contribution >= 4 is 41.2 Å². The van der Waals surface area contributed by atoms with Crippen LogP contribution in [0.4, 0.5) is 11.4 Å². The van der Waals surface area contributed by atoms with Gasteiger partial charge in [0.15, 0.2) is 5.16 Å². The molecule has 0 radical (unpaired) electrons. The molecule has 11 heteroatoms. The SMILES string of the molecule is CC(=O)Nc1ccc(C(=O)NN=Cc2cc([N+](=O)[O-])ccc2Sc2ncccn2)cc1. The average molecular weight is 436 g/mol. The zero-order valence-electron chi connectivity index (χ0n) is 16.2. The van der Waals surface area contributed by atoms with Crippen LogP contribution in [0, 0.1) is 10.1 Å². The first kappa shape index (κ1) is 21.6. The Kier molecular flexibility index (Phi) is 7.01. The first-order valence-electron chi connectivity index (χ1n) is 8.87. The molecule has 3 rings (SSSR count). The molecule has 0 atom stereocenters. The second-order valence-corrected chi connectivity index (χ2v) is 7.08. The van der Waals surface area contributed by atoms with Crippen molar-refractivity contribution in [3.8, 4) is 0 Å². The van der Waals surface area contributed by atoms with Crippen LogP contribution in [-0.4, -0.2) is 32.9 Å². The van der Waals surface area contributed by atoms with Crippen LogP contribution in [0.1, 0.15) is 22.8 Å². The van der Waals surface area contributed by atoms with Gasteiger partial charge in [0.25, 0.3) is 11.6 Å². The fourth-order valence-electron chi connectivity index (χ4n) is 2.41. The van der Waals surface area contributed by atoms with Gasteiger partial charge in [-0.3, -0.25) is 19.7 Å². The van der Waals surface area contributed by atoms with E-state index in [1.165, 1.54) is 49.2 Å². The Balaban J connectivity index is 1.75. The number of aromatic nitrogens is 2. The molecule has 0 saturated carbocycles. The molecule has 10 nitrogen and oxygen atoms in total. The van der Waals surface area contributed by atoms with Gasteiger partial charge >= 0.3 is 0 Å². The molecule has 2 N–H and O–H groups in total. The quantitative estimate of drug-likeness (QED) is 0.251. The standard InChI is InChI=1S/C20H16N6O4S/c1-13(27)24-16-5-3-14(4-6-16)19(28)25-23-12-15-11-17(26(29)30)7-8-18(15)31-20-21-9-2-10-22-20/h2-12H,1H3,(H,24,27)(H,25,28). The molecule has 0 unspecified atom stereocenters. The topological polar surface area (TPSA) is 139 Å². The number of rotatable bonds is 7. The lowest BCUT2D eigenvalue weighted by Crippen LogP contribution is -2.17. The summed E-state index contributed by atoms with van der Waals surface area (Å²) in [6.45, 7) is 1.39. The summed E-state index contributed by atoms with van der Waals surface area (Å²) in [5, 5.41) is 18.1. The molecule has 0 fully saturated rings. The molecule has 156 valence electrons. The van der Waals surface area contributed by atoms with E-state index in [-0.39, 0.29) is 11.6 Å². The number of nitrogens with zero attached hydrogens (tertiary/aromatic N) is 4. The van der Waals surface area contributed by atoms with Crippen LogP contribution in [0.15, 0.2) is 76.1 Å². The van der Waals surface area contributed by atoms with E-state index < -0.39 is 10.8 Å². The third kappa shape index (κ3) is 6.18. The number of hydrogen-bond acceptors (Lipinski definition) is 8. The highest BCUT2D eigenvalue weighted by molar-refractivity contribution is 7.99. The van der Waals surface area contributed by atoms with Gasteiger partial charge in [0, 0.05) is 53.2 Å². The molecular weight excluding hydrogens is 420 g/mol. The lowest BCUT2D eigenvalue weighted by atomic mass is 10.2. The molecule has 2 aromatic carbocycles. The summed E-state index contributed by atoms with van der Waals surface area (Å²) in [5.41, 5.74) is 3.59. The van der Waals surface area contributed by atoms with E-state index in [0.717, 1.165) is 0 Å². The summed E-state index contributed by atoms with van der Waals surface area (Å²) >= 11 is 1.21. The number of carbonyl (C=O) groups excluding carboxylic acids is 2. The van der Waals surface area contributed by atoms with E-state index in [4.69, 9.17) is 0 Å². The minimum Gasteiger partial charge on any atom is -0.326 e. The minimum absolute atomic E-state index is 0.111. The van der Waals surface area contributed by atoms with Crippen LogP contribution >= 0.6 is 11.8 Å². The minimum atomic E-state index is -0.514. The Morgan fingerprint density at radius 3 is 2.48 bits per heavy atom. The number of hydrogen-bond donors (Lipinski definition) is 2. The van der Waals surface area contributed by atoms with E-state index in [2.05, 4.69) is 25.8 Å². The van der Waals surface area contributed by atoms with Gasteiger partial charge in [-0.2, -0.15) is 5.10 Å². The molecule has 0 bridgehead atoms. The number of nitro groups is 1. The van der Waals surface area contributed by atoms with Crippen LogP contribution < -0.4 is 10.7 Å². The highest BCUT2D eigenvalue weighted by atomic mass is 32.2. The highest BCUT2D eigenvalue weighted by Gasteiger charge is 2.12. The molecule has 1 heterocycles. The van der Waals surface area contributed by atoms with Crippen molar-refractivity contribution in [1.29, 1.82) is 0 Å². The Hall–Kier alpha value is -4.12. The Morgan fingerprint density at radius 2 is 1.84 bits per heavy atom. The van der Waals surface area contributed by atoms with Crippen molar-refractivity contribution in [2.75, 3.05) is 5.32 Å². The molecule has 1 aromatic heterocycles. The molecule has 0 saturated heterocycles. The van der Waals surface area contributed by atoms with Crippen molar-refractivity contribution < 1.29 is 14.5 Å². The van der Waals surface area contributed by atoms with Gasteiger partial charge in [-0.05, 0) is 48.2 Å². The predicted octanol–water partition coefficient (Wildman–Crippen LogP) is 3.26. The maximum Gasteiger partial charge on any atom is 0.271 e. The van der Waals surface area contributed by atoms with E-state index in [0.29, 0.717) is 26.9 Å². The number of nitrogens with one attached hydrogen (secondary N) is 2. The molecule has 3 aromatic rings. The maximum atomic E-state index is 12.3. The van der Waals surface area contributed by atoms with E-state index in [9.17, 15) is 19.7 Å². The predicted molar refractivity (Wildman–Crippen MR) is 115 cm³/mol. The van der Waals surface area contributed by atoms with Crippen LogP contribution in [-0.2, 0) is 4.79 Å². The monoisotopic (exact) mass is 436 g/mol. The average Bonchev–Trinajstić information content (AvgIpc) is 2.75. The maximum absolute atomic E-state index is 12.3. The van der Waals surface area contributed by atoms with Crippen molar-refractivity contribution in [2.45, 2.75) is 17.0 Å². The fourth-order valence-corrected chi connectivity index (χ4v) is 3.20. The van der Waals surface area contributed by atoms with Crippen molar-refractivity contribution in [3.05, 3.63) is 82.2 Å². The van der Waals surface area contributed by atoms with Crippen LogP contribution in [0.2, 0.25) is 0 Å². The van der Waals surface area contributed by atoms with Gasteiger partial charge in [-0.1, -0.05) is 0 Å². The second-order valence-electron chi connectivity index (χ2n) is 6.07. The third-order valence-electron chi connectivity index (χ3n) is 3.78. The molecule has 0 spiro atoms. The number of non-ortho nitro benzene ring substituents is 1. The number of carbonyl (C=O) groups is 2. The number of amides is 2. The first-order chi connectivity index (χ1) is 14.9. The zero-order valence-corrected chi connectivity index (χ0v) is 17.0. The second kappa shape index (κ2) is 10.1. The van der Waals surface area contributed by atoms with Gasteiger partial charge in [-0.15, -0.1) is 0 Å². The fraction of sp³-hybridized carbons (Fsp3) is 0.0500.